The molecule has 0 radical (unpaired) electrons. The number of carbonyl (C=O) groups is 2. The summed E-state index contributed by atoms with van der Waals surface area (Å²) in [5.74, 6) is 0.780. The molecule has 27 heavy (non-hydrogen) atoms. The summed E-state index contributed by atoms with van der Waals surface area (Å²) in [5.41, 5.74) is 1.13. The van der Waals surface area contributed by atoms with Gasteiger partial charge in [-0.3, -0.25) is 14.7 Å². The van der Waals surface area contributed by atoms with Crippen LogP contribution < -0.4 is 10.2 Å². The van der Waals surface area contributed by atoms with Gasteiger partial charge in [0.25, 0.3) is 5.91 Å². The molecule has 2 aliphatic rings. The summed E-state index contributed by atoms with van der Waals surface area (Å²) in [6.07, 6.45) is 8.59. The number of nitrogens with zero attached hydrogens (tertiary/aromatic N) is 5. The van der Waals surface area contributed by atoms with Gasteiger partial charge < -0.3 is 10.2 Å². The van der Waals surface area contributed by atoms with Gasteiger partial charge in [0.2, 0.25) is 5.95 Å². The second kappa shape index (κ2) is 7.48. The standard InChI is InChI=1S/C18H19ClN6O2/c19-15-5-14(9-20-10-15)16(26)21-6-13-7-22-17(23-8-13)25-4-3-24(18(25)27)11-12-1-2-12/h5,7-10,12H,1-4,6,11H2,(H,21,26). The fraction of sp³-hybridized carbons (Fsp3) is 0.389. The van der Waals surface area contributed by atoms with E-state index < -0.39 is 0 Å². The van der Waals surface area contributed by atoms with Crippen LogP contribution in [0.4, 0.5) is 10.7 Å². The lowest BCUT2D eigenvalue weighted by atomic mass is 10.2. The molecule has 8 nitrogen and oxygen atoms in total. The van der Waals surface area contributed by atoms with Crippen LogP contribution in [0.3, 0.4) is 0 Å². The molecule has 0 spiro atoms. The molecule has 1 aliphatic heterocycles. The number of pyridine rings is 1. The van der Waals surface area contributed by atoms with E-state index in [0.717, 1.165) is 12.1 Å². The minimum Gasteiger partial charge on any atom is -0.348 e. The maximum absolute atomic E-state index is 12.5. The largest absolute Gasteiger partial charge is 0.348 e. The van der Waals surface area contributed by atoms with E-state index in [9.17, 15) is 9.59 Å². The van der Waals surface area contributed by atoms with Crippen molar-refractivity contribution in [3.8, 4) is 0 Å². The SMILES string of the molecule is O=C(NCc1cnc(N2CCN(CC3CC3)C2=O)nc1)c1cncc(Cl)c1. The number of amides is 3. The number of nitrogens with one attached hydrogen (secondary N) is 1. The zero-order chi connectivity index (χ0) is 18.8. The number of aromatic nitrogens is 3. The van der Waals surface area contributed by atoms with E-state index in [4.69, 9.17) is 11.6 Å². The highest BCUT2D eigenvalue weighted by atomic mass is 35.5. The minimum atomic E-state index is -0.278. The Kier molecular flexibility index (Phi) is 4.89. The lowest BCUT2D eigenvalue weighted by molar-refractivity contribution is 0.0950. The van der Waals surface area contributed by atoms with Crippen molar-refractivity contribution >= 4 is 29.5 Å². The van der Waals surface area contributed by atoms with Crippen LogP contribution in [0.1, 0.15) is 28.8 Å². The molecular formula is C18H19ClN6O2. The molecule has 2 fully saturated rings. The first-order valence-corrected chi connectivity index (χ1v) is 9.24. The molecule has 1 saturated carbocycles. The normalized spacial score (nSPS) is 16.7. The Hall–Kier alpha value is -2.74. The third-order valence-electron chi connectivity index (χ3n) is 4.62. The van der Waals surface area contributed by atoms with E-state index in [1.165, 1.54) is 25.2 Å². The van der Waals surface area contributed by atoms with Gasteiger partial charge in [0, 0.05) is 56.5 Å². The summed E-state index contributed by atoms with van der Waals surface area (Å²) >= 11 is 5.84. The average Bonchev–Trinajstić information content (AvgIpc) is 3.43. The number of hydrogen-bond acceptors (Lipinski definition) is 5. The Balaban J connectivity index is 1.33. The molecule has 2 aromatic rings. The Morgan fingerprint density at radius 1 is 1.19 bits per heavy atom. The average molecular weight is 387 g/mol. The molecule has 4 rings (SSSR count). The van der Waals surface area contributed by atoms with Gasteiger partial charge in [-0.25, -0.2) is 14.8 Å². The van der Waals surface area contributed by atoms with Crippen LogP contribution in [0, 0.1) is 5.92 Å². The van der Waals surface area contributed by atoms with E-state index >= 15 is 0 Å². The molecule has 0 unspecified atom stereocenters. The van der Waals surface area contributed by atoms with Crippen molar-refractivity contribution in [3.63, 3.8) is 0 Å². The Bertz CT molecular complexity index is 855. The number of rotatable bonds is 6. The van der Waals surface area contributed by atoms with Crippen molar-refractivity contribution in [2.24, 2.45) is 5.92 Å². The van der Waals surface area contributed by atoms with Gasteiger partial charge in [-0.1, -0.05) is 11.6 Å². The van der Waals surface area contributed by atoms with Crippen molar-refractivity contribution in [1.82, 2.24) is 25.2 Å². The number of anilines is 1. The first-order valence-electron chi connectivity index (χ1n) is 8.86. The van der Waals surface area contributed by atoms with Crippen LogP contribution in [0.25, 0.3) is 0 Å². The fourth-order valence-electron chi connectivity index (χ4n) is 2.95. The molecule has 0 atom stereocenters. The Labute approximate surface area is 161 Å². The maximum Gasteiger partial charge on any atom is 0.327 e. The van der Waals surface area contributed by atoms with Gasteiger partial charge in [0.15, 0.2) is 0 Å². The monoisotopic (exact) mass is 386 g/mol. The highest BCUT2D eigenvalue weighted by Gasteiger charge is 2.35. The first kappa shape index (κ1) is 17.7. The molecular weight excluding hydrogens is 368 g/mol. The van der Waals surface area contributed by atoms with Gasteiger partial charge in [0.1, 0.15) is 0 Å². The van der Waals surface area contributed by atoms with E-state index in [2.05, 4.69) is 20.3 Å². The minimum absolute atomic E-state index is 0.0311. The zero-order valence-electron chi connectivity index (χ0n) is 14.6. The molecule has 3 heterocycles. The van der Waals surface area contributed by atoms with Crippen LogP contribution >= 0.6 is 11.6 Å². The summed E-state index contributed by atoms with van der Waals surface area (Å²) in [6, 6.07) is 1.52. The lowest BCUT2D eigenvalue weighted by Gasteiger charge is -2.17. The topological polar surface area (TPSA) is 91.3 Å². The summed E-state index contributed by atoms with van der Waals surface area (Å²) in [6.45, 7) is 2.42. The maximum atomic E-state index is 12.5. The van der Waals surface area contributed by atoms with Gasteiger partial charge in [-0.05, 0) is 24.8 Å². The molecule has 1 aliphatic carbocycles. The molecule has 140 valence electrons. The van der Waals surface area contributed by atoms with Gasteiger partial charge in [-0.15, -0.1) is 0 Å². The first-order chi connectivity index (χ1) is 13.1. The second-order valence-corrected chi connectivity index (χ2v) is 7.23. The van der Waals surface area contributed by atoms with Crippen LogP contribution in [0.15, 0.2) is 30.9 Å². The third kappa shape index (κ3) is 4.16. The summed E-state index contributed by atoms with van der Waals surface area (Å²) < 4.78 is 0. The molecule has 2 aromatic heterocycles. The van der Waals surface area contributed by atoms with E-state index in [1.54, 1.807) is 23.4 Å². The lowest BCUT2D eigenvalue weighted by Crippen LogP contribution is -2.34. The van der Waals surface area contributed by atoms with Gasteiger partial charge >= 0.3 is 6.03 Å². The molecule has 3 amide bonds. The molecule has 9 heteroatoms. The van der Waals surface area contributed by atoms with Crippen molar-refractivity contribution in [2.45, 2.75) is 19.4 Å². The quantitative estimate of drug-likeness (QED) is 0.820. The Morgan fingerprint density at radius 3 is 2.67 bits per heavy atom. The van der Waals surface area contributed by atoms with Crippen molar-refractivity contribution in [3.05, 3.63) is 47.0 Å². The fourth-order valence-corrected chi connectivity index (χ4v) is 3.12. The summed E-state index contributed by atoms with van der Waals surface area (Å²) in [5, 5.41) is 3.17. The van der Waals surface area contributed by atoms with Crippen LogP contribution in [0.5, 0.6) is 0 Å². The predicted molar refractivity (Wildman–Crippen MR) is 99.5 cm³/mol. The second-order valence-electron chi connectivity index (χ2n) is 6.79. The van der Waals surface area contributed by atoms with Crippen molar-refractivity contribution in [1.29, 1.82) is 0 Å². The number of urea groups is 1. The number of hydrogen-bond donors (Lipinski definition) is 1. The highest BCUT2D eigenvalue weighted by molar-refractivity contribution is 6.30. The van der Waals surface area contributed by atoms with E-state index in [-0.39, 0.29) is 18.5 Å². The van der Waals surface area contributed by atoms with Crippen molar-refractivity contribution in [2.75, 3.05) is 24.5 Å². The van der Waals surface area contributed by atoms with E-state index in [0.29, 0.717) is 35.5 Å². The van der Waals surface area contributed by atoms with Crippen molar-refractivity contribution < 1.29 is 9.59 Å². The number of carbonyl (C=O) groups excluding carboxylic acids is 2. The smallest absolute Gasteiger partial charge is 0.327 e. The van der Waals surface area contributed by atoms with Crippen LogP contribution in [0.2, 0.25) is 5.02 Å². The highest BCUT2D eigenvalue weighted by Crippen LogP contribution is 2.31. The summed E-state index contributed by atoms with van der Waals surface area (Å²) in [4.78, 5) is 40.5. The Morgan fingerprint density at radius 2 is 1.96 bits per heavy atom. The van der Waals surface area contributed by atoms with Crippen LogP contribution in [-0.2, 0) is 6.54 Å². The van der Waals surface area contributed by atoms with Gasteiger partial charge in [-0.2, -0.15) is 0 Å². The third-order valence-corrected chi connectivity index (χ3v) is 4.83. The molecule has 0 bridgehead atoms. The molecule has 1 N–H and O–H groups in total. The summed E-state index contributed by atoms with van der Waals surface area (Å²) in [7, 11) is 0. The van der Waals surface area contributed by atoms with E-state index in [1.807, 2.05) is 4.90 Å². The predicted octanol–water partition coefficient (Wildman–Crippen LogP) is 2.11. The molecule has 0 aromatic carbocycles. The van der Waals surface area contributed by atoms with Gasteiger partial charge in [0.05, 0.1) is 10.6 Å². The molecule has 1 saturated heterocycles. The number of halogens is 1. The van der Waals surface area contributed by atoms with Crippen LogP contribution in [-0.4, -0.2) is 51.4 Å². The zero-order valence-corrected chi connectivity index (χ0v) is 15.4.